The van der Waals surface area contributed by atoms with E-state index in [0.717, 1.165) is 19.3 Å². The highest BCUT2D eigenvalue weighted by Gasteiger charge is 2.42. The predicted octanol–water partition coefficient (Wildman–Crippen LogP) is 2.33. The molecule has 0 bridgehead atoms. The highest BCUT2D eigenvalue weighted by molar-refractivity contribution is 5.87. The third-order valence-corrected chi connectivity index (χ3v) is 4.39. The zero-order valence-electron chi connectivity index (χ0n) is 11.1. The quantitative estimate of drug-likeness (QED) is 0.790. The summed E-state index contributed by atoms with van der Waals surface area (Å²) in [6.07, 6.45) is 6.76. The second-order valence-electron chi connectivity index (χ2n) is 6.10. The number of hydrogen-bond acceptors (Lipinski definition) is 2. The molecule has 0 aromatic rings. The standard InChI is InChI=1S/C14H23NO3/c1-10-6-8-14(9-7-10,13(17)18)15-12(16)5-4-11-2-3-11/h10-11H,2-9H2,1H3,(H,15,16)(H,17,18). The van der Waals surface area contributed by atoms with Crippen molar-refractivity contribution in [2.75, 3.05) is 0 Å². The molecular formula is C14H23NO3. The van der Waals surface area contributed by atoms with E-state index in [1.54, 1.807) is 0 Å². The average molecular weight is 253 g/mol. The van der Waals surface area contributed by atoms with Gasteiger partial charge in [0.05, 0.1) is 0 Å². The summed E-state index contributed by atoms with van der Waals surface area (Å²) in [6, 6.07) is 0. The largest absolute Gasteiger partial charge is 0.480 e. The molecular weight excluding hydrogens is 230 g/mol. The molecule has 102 valence electrons. The zero-order chi connectivity index (χ0) is 13.2. The summed E-state index contributed by atoms with van der Waals surface area (Å²) >= 11 is 0. The fourth-order valence-corrected chi connectivity index (χ4v) is 2.72. The molecule has 0 aliphatic heterocycles. The van der Waals surface area contributed by atoms with Crippen LogP contribution < -0.4 is 5.32 Å². The number of hydrogen-bond donors (Lipinski definition) is 2. The van der Waals surface area contributed by atoms with Gasteiger partial charge >= 0.3 is 5.97 Å². The van der Waals surface area contributed by atoms with Gasteiger partial charge in [0, 0.05) is 6.42 Å². The maximum atomic E-state index is 11.9. The van der Waals surface area contributed by atoms with Gasteiger partial charge < -0.3 is 10.4 Å². The molecule has 0 heterocycles. The third-order valence-electron chi connectivity index (χ3n) is 4.39. The fourth-order valence-electron chi connectivity index (χ4n) is 2.72. The van der Waals surface area contributed by atoms with Gasteiger partial charge in [-0.25, -0.2) is 4.79 Å². The van der Waals surface area contributed by atoms with E-state index in [-0.39, 0.29) is 5.91 Å². The summed E-state index contributed by atoms with van der Waals surface area (Å²) in [4.78, 5) is 23.3. The summed E-state index contributed by atoms with van der Waals surface area (Å²) in [5.74, 6) is 0.330. The van der Waals surface area contributed by atoms with Crippen molar-refractivity contribution >= 4 is 11.9 Å². The summed E-state index contributed by atoms with van der Waals surface area (Å²) in [7, 11) is 0. The molecule has 0 radical (unpaired) electrons. The minimum absolute atomic E-state index is 0.0844. The van der Waals surface area contributed by atoms with E-state index in [2.05, 4.69) is 12.2 Å². The van der Waals surface area contributed by atoms with E-state index in [4.69, 9.17) is 0 Å². The minimum atomic E-state index is -0.993. The van der Waals surface area contributed by atoms with Crippen LogP contribution in [0.2, 0.25) is 0 Å². The van der Waals surface area contributed by atoms with Crippen LogP contribution in [0.25, 0.3) is 0 Å². The SMILES string of the molecule is CC1CCC(NC(=O)CCC2CC2)(C(=O)O)CC1. The van der Waals surface area contributed by atoms with Gasteiger partial charge in [0.1, 0.15) is 5.54 Å². The van der Waals surface area contributed by atoms with Crippen LogP contribution in [0.5, 0.6) is 0 Å². The Bertz CT molecular complexity index is 328. The molecule has 2 saturated carbocycles. The number of carboxylic acid groups (broad SMARTS) is 1. The fraction of sp³-hybridized carbons (Fsp3) is 0.857. The molecule has 1 amide bonds. The lowest BCUT2D eigenvalue weighted by Gasteiger charge is -2.36. The van der Waals surface area contributed by atoms with Gasteiger partial charge in [-0.15, -0.1) is 0 Å². The van der Waals surface area contributed by atoms with Gasteiger partial charge in [0.25, 0.3) is 0 Å². The lowest BCUT2D eigenvalue weighted by molar-refractivity contribution is -0.149. The number of rotatable bonds is 5. The molecule has 4 heteroatoms. The molecule has 2 aliphatic carbocycles. The second kappa shape index (κ2) is 5.29. The van der Waals surface area contributed by atoms with Crippen LogP contribution >= 0.6 is 0 Å². The van der Waals surface area contributed by atoms with Crippen molar-refractivity contribution in [3.8, 4) is 0 Å². The Morgan fingerprint density at radius 2 is 1.83 bits per heavy atom. The molecule has 0 spiro atoms. The molecule has 0 atom stereocenters. The van der Waals surface area contributed by atoms with Crippen molar-refractivity contribution in [2.24, 2.45) is 11.8 Å². The van der Waals surface area contributed by atoms with Gasteiger partial charge in [-0.05, 0) is 43.9 Å². The Kier molecular flexibility index (Phi) is 3.93. The predicted molar refractivity (Wildman–Crippen MR) is 68.1 cm³/mol. The van der Waals surface area contributed by atoms with Crippen LogP contribution in [0.15, 0.2) is 0 Å². The maximum Gasteiger partial charge on any atom is 0.329 e. The molecule has 2 fully saturated rings. The first-order chi connectivity index (χ1) is 8.52. The Morgan fingerprint density at radius 1 is 1.22 bits per heavy atom. The van der Waals surface area contributed by atoms with Gasteiger partial charge in [-0.2, -0.15) is 0 Å². The van der Waals surface area contributed by atoms with Crippen molar-refractivity contribution in [2.45, 2.75) is 63.8 Å². The molecule has 0 aromatic carbocycles. The number of amides is 1. The monoisotopic (exact) mass is 253 g/mol. The normalized spacial score (nSPS) is 31.9. The van der Waals surface area contributed by atoms with Crippen LogP contribution in [-0.2, 0) is 9.59 Å². The summed E-state index contributed by atoms with van der Waals surface area (Å²) in [5.41, 5.74) is -0.993. The maximum absolute atomic E-state index is 11.9. The van der Waals surface area contributed by atoms with E-state index < -0.39 is 11.5 Å². The molecule has 0 saturated heterocycles. The highest BCUT2D eigenvalue weighted by Crippen LogP contribution is 2.34. The molecule has 18 heavy (non-hydrogen) atoms. The average Bonchev–Trinajstić information content (AvgIpc) is 3.13. The molecule has 2 aliphatic rings. The smallest absolute Gasteiger partial charge is 0.329 e. The minimum Gasteiger partial charge on any atom is -0.480 e. The first-order valence-electron chi connectivity index (χ1n) is 7.06. The first kappa shape index (κ1) is 13.4. The van der Waals surface area contributed by atoms with Crippen molar-refractivity contribution in [3.63, 3.8) is 0 Å². The summed E-state index contributed by atoms with van der Waals surface area (Å²) in [5, 5.41) is 12.2. The van der Waals surface area contributed by atoms with Gasteiger partial charge in [0.15, 0.2) is 0 Å². The lowest BCUT2D eigenvalue weighted by Crippen LogP contribution is -2.56. The van der Waals surface area contributed by atoms with Crippen LogP contribution in [0.4, 0.5) is 0 Å². The number of carboxylic acids is 1. The summed E-state index contributed by atoms with van der Waals surface area (Å²) < 4.78 is 0. The lowest BCUT2D eigenvalue weighted by atomic mass is 9.77. The van der Waals surface area contributed by atoms with Gasteiger partial charge in [0.2, 0.25) is 5.91 Å². The molecule has 2 rings (SSSR count). The molecule has 4 nitrogen and oxygen atoms in total. The molecule has 0 unspecified atom stereocenters. The van der Waals surface area contributed by atoms with Crippen LogP contribution in [0, 0.1) is 11.8 Å². The van der Waals surface area contributed by atoms with E-state index in [1.807, 2.05) is 0 Å². The van der Waals surface area contributed by atoms with Gasteiger partial charge in [-0.3, -0.25) is 4.79 Å². The number of aliphatic carboxylic acids is 1. The Morgan fingerprint density at radius 3 is 2.33 bits per heavy atom. The van der Waals surface area contributed by atoms with E-state index in [0.29, 0.717) is 31.1 Å². The van der Waals surface area contributed by atoms with Crippen LogP contribution in [0.3, 0.4) is 0 Å². The third kappa shape index (κ3) is 3.24. The zero-order valence-corrected chi connectivity index (χ0v) is 11.1. The Hall–Kier alpha value is -1.06. The van der Waals surface area contributed by atoms with Crippen molar-refractivity contribution in [3.05, 3.63) is 0 Å². The number of carbonyl (C=O) groups excluding carboxylic acids is 1. The topological polar surface area (TPSA) is 66.4 Å². The molecule has 0 aromatic heterocycles. The highest BCUT2D eigenvalue weighted by atomic mass is 16.4. The van der Waals surface area contributed by atoms with Gasteiger partial charge in [-0.1, -0.05) is 19.8 Å². The molecule has 2 N–H and O–H groups in total. The number of carbonyl (C=O) groups is 2. The Labute approximate surface area is 108 Å². The van der Waals surface area contributed by atoms with E-state index in [1.165, 1.54) is 12.8 Å². The van der Waals surface area contributed by atoms with Crippen molar-refractivity contribution < 1.29 is 14.7 Å². The summed E-state index contributed by atoms with van der Waals surface area (Å²) in [6.45, 7) is 2.14. The number of nitrogens with one attached hydrogen (secondary N) is 1. The second-order valence-corrected chi connectivity index (χ2v) is 6.10. The van der Waals surface area contributed by atoms with Crippen molar-refractivity contribution in [1.82, 2.24) is 5.32 Å². The van der Waals surface area contributed by atoms with E-state index >= 15 is 0 Å². The van der Waals surface area contributed by atoms with Crippen LogP contribution in [-0.4, -0.2) is 22.5 Å². The Balaban J connectivity index is 1.88. The first-order valence-corrected chi connectivity index (χ1v) is 7.06. The van der Waals surface area contributed by atoms with E-state index in [9.17, 15) is 14.7 Å². The van der Waals surface area contributed by atoms with Crippen molar-refractivity contribution in [1.29, 1.82) is 0 Å². The van der Waals surface area contributed by atoms with Crippen LogP contribution in [0.1, 0.15) is 58.3 Å².